The first-order valence-corrected chi connectivity index (χ1v) is 7.00. The number of aromatic nitrogens is 2. The van der Waals surface area contributed by atoms with E-state index in [1.54, 1.807) is 6.07 Å². The highest BCUT2D eigenvalue weighted by Gasteiger charge is 2.26. The van der Waals surface area contributed by atoms with E-state index in [1.165, 1.54) is 0 Å². The Kier molecular flexibility index (Phi) is 4.75. The quantitative estimate of drug-likeness (QED) is 0.854. The zero-order chi connectivity index (χ0) is 15.3. The third-order valence-electron chi connectivity index (χ3n) is 3.24. The first-order valence-electron chi connectivity index (χ1n) is 7.00. The molecule has 0 bridgehead atoms. The van der Waals surface area contributed by atoms with Crippen molar-refractivity contribution in [2.75, 3.05) is 18.5 Å². The van der Waals surface area contributed by atoms with Gasteiger partial charge < -0.3 is 15.2 Å². The van der Waals surface area contributed by atoms with Crippen molar-refractivity contribution in [3.05, 3.63) is 47.8 Å². The van der Waals surface area contributed by atoms with Crippen LogP contribution in [0.2, 0.25) is 0 Å². The average molecular weight is 287 g/mol. The Bertz CT molecular complexity index is 589. The second-order valence-electron chi connectivity index (χ2n) is 5.05. The molecule has 1 atom stereocenters. The van der Waals surface area contributed by atoms with Crippen molar-refractivity contribution < 1.29 is 9.84 Å². The topological polar surface area (TPSA) is 67.3 Å². The monoisotopic (exact) mass is 287 g/mol. The Labute approximate surface area is 125 Å². The van der Waals surface area contributed by atoms with Crippen molar-refractivity contribution in [3.8, 4) is 5.88 Å². The summed E-state index contributed by atoms with van der Waals surface area (Å²) >= 11 is 0. The zero-order valence-electron chi connectivity index (χ0n) is 12.6. The van der Waals surface area contributed by atoms with E-state index in [2.05, 4.69) is 15.3 Å². The van der Waals surface area contributed by atoms with Gasteiger partial charge in [0.05, 0.1) is 18.8 Å². The summed E-state index contributed by atoms with van der Waals surface area (Å²) in [5.74, 6) is 1.78. The fourth-order valence-corrected chi connectivity index (χ4v) is 2.12. The highest BCUT2D eigenvalue weighted by molar-refractivity contribution is 5.44. The fourth-order valence-electron chi connectivity index (χ4n) is 2.12. The van der Waals surface area contributed by atoms with Crippen LogP contribution >= 0.6 is 0 Å². The molecule has 2 aromatic rings. The molecule has 0 aliphatic heterocycles. The van der Waals surface area contributed by atoms with Crippen molar-refractivity contribution in [2.45, 2.75) is 26.3 Å². The molecule has 0 spiro atoms. The Balaban J connectivity index is 2.30. The van der Waals surface area contributed by atoms with Crippen LogP contribution in [-0.2, 0) is 5.54 Å². The molecule has 21 heavy (non-hydrogen) atoms. The van der Waals surface area contributed by atoms with E-state index in [-0.39, 0.29) is 6.61 Å². The molecule has 5 nitrogen and oxygen atoms in total. The summed E-state index contributed by atoms with van der Waals surface area (Å²) in [4.78, 5) is 8.58. The van der Waals surface area contributed by atoms with Crippen LogP contribution in [0.3, 0.4) is 0 Å². The van der Waals surface area contributed by atoms with E-state index >= 15 is 0 Å². The van der Waals surface area contributed by atoms with Gasteiger partial charge in [-0.05, 0) is 26.3 Å². The largest absolute Gasteiger partial charge is 0.478 e. The summed E-state index contributed by atoms with van der Waals surface area (Å²) < 4.78 is 5.43. The maximum absolute atomic E-state index is 9.80. The predicted octanol–water partition coefficient (Wildman–Crippen LogP) is 2.50. The molecular weight excluding hydrogens is 266 g/mol. The van der Waals surface area contributed by atoms with Gasteiger partial charge >= 0.3 is 0 Å². The van der Waals surface area contributed by atoms with E-state index in [0.717, 1.165) is 5.56 Å². The van der Waals surface area contributed by atoms with Gasteiger partial charge in [-0.1, -0.05) is 30.3 Å². The molecule has 1 heterocycles. The molecule has 1 aromatic heterocycles. The van der Waals surface area contributed by atoms with Gasteiger partial charge in [-0.15, -0.1) is 0 Å². The Morgan fingerprint density at radius 2 is 1.95 bits per heavy atom. The van der Waals surface area contributed by atoms with Crippen LogP contribution in [0.25, 0.3) is 0 Å². The summed E-state index contributed by atoms with van der Waals surface area (Å²) in [7, 11) is 0. The van der Waals surface area contributed by atoms with E-state index in [1.807, 2.05) is 51.1 Å². The summed E-state index contributed by atoms with van der Waals surface area (Å²) in [6.07, 6.45) is 0. The maximum Gasteiger partial charge on any atom is 0.218 e. The number of rotatable bonds is 6. The van der Waals surface area contributed by atoms with Crippen molar-refractivity contribution in [1.82, 2.24) is 9.97 Å². The van der Waals surface area contributed by atoms with E-state index in [0.29, 0.717) is 24.1 Å². The Morgan fingerprint density at radius 3 is 2.57 bits per heavy atom. The van der Waals surface area contributed by atoms with E-state index < -0.39 is 5.54 Å². The maximum atomic E-state index is 9.80. The molecule has 0 saturated heterocycles. The summed E-state index contributed by atoms with van der Waals surface area (Å²) in [6, 6.07) is 11.5. The molecule has 0 amide bonds. The lowest BCUT2D eigenvalue weighted by Gasteiger charge is -2.30. The number of hydrogen-bond acceptors (Lipinski definition) is 5. The van der Waals surface area contributed by atoms with Gasteiger partial charge in [0, 0.05) is 6.07 Å². The molecule has 5 heteroatoms. The summed E-state index contributed by atoms with van der Waals surface area (Å²) in [5.41, 5.74) is 0.368. The molecule has 2 N–H and O–H groups in total. The van der Waals surface area contributed by atoms with Gasteiger partial charge in [0.15, 0.2) is 0 Å². The van der Waals surface area contributed by atoms with Crippen molar-refractivity contribution in [1.29, 1.82) is 0 Å². The van der Waals surface area contributed by atoms with Crippen LogP contribution in [0.1, 0.15) is 25.2 Å². The lowest BCUT2D eigenvalue weighted by Crippen LogP contribution is -2.36. The fraction of sp³-hybridized carbons (Fsp3) is 0.375. The van der Waals surface area contributed by atoms with E-state index in [9.17, 15) is 5.11 Å². The van der Waals surface area contributed by atoms with Crippen LogP contribution in [0.5, 0.6) is 5.88 Å². The molecule has 0 radical (unpaired) electrons. The molecular formula is C16H21N3O2. The molecule has 112 valence electrons. The van der Waals surface area contributed by atoms with Crippen LogP contribution in [-0.4, -0.2) is 28.3 Å². The summed E-state index contributed by atoms with van der Waals surface area (Å²) in [6.45, 7) is 6.15. The number of ether oxygens (including phenoxy) is 1. The van der Waals surface area contributed by atoms with Gasteiger partial charge in [0.2, 0.25) is 5.88 Å². The highest BCUT2D eigenvalue weighted by Crippen LogP contribution is 2.26. The van der Waals surface area contributed by atoms with Gasteiger partial charge in [0.1, 0.15) is 11.6 Å². The van der Waals surface area contributed by atoms with Crippen LogP contribution in [0, 0.1) is 6.92 Å². The normalized spacial score (nSPS) is 13.5. The zero-order valence-corrected chi connectivity index (χ0v) is 12.6. The molecule has 2 rings (SSSR count). The lowest BCUT2D eigenvalue weighted by molar-refractivity contribution is 0.223. The smallest absolute Gasteiger partial charge is 0.218 e. The molecule has 0 saturated carbocycles. The minimum atomic E-state index is -0.620. The molecule has 0 aliphatic carbocycles. The number of nitrogens with one attached hydrogen (secondary N) is 1. The third kappa shape index (κ3) is 3.70. The number of aliphatic hydroxyl groups is 1. The lowest BCUT2D eigenvalue weighted by atomic mass is 9.93. The number of anilines is 1. The minimum absolute atomic E-state index is 0.0516. The van der Waals surface area contributed by atoms with Gasteiger partial charge in [0.25, 0.3) is 0 Å². The third-order valence-corrected chi connectivity index (χ3v) is 3.24. The van der Waals surface area contributed by atoms with Crippen molar-refractivity contribution in [3.63, 3.8) is 0 Å². The predicted molar refractivity (Wildman–Crippen MR) is 82.4 cm³/mol. The van der Waals surface area contributed by atoms with Gasteiger partial charge in [-0.3, -0.25) is 0 Å². The van der Waals surface area contributed by atoms with Gasteiger partial charge in [-0.25, -0.2) is 4.98 Å². The minimum Gasteiger partial charge on any atom is -0.478 e. The first-order chi connectivity index (χ1) is 10.1. The number of aryl methyl sites for hydroxylation is 1. The number of benzene rings is 1. The summed E-state index contributed by atoms with van der Waals surface area (Å²) in [5, 5.41) is 13.1. The Morgan fingerprint density at radius 1 is 1.24 bits per heavy atom. The molecule has 1 unspecified atom stereocenters. The van der Waals surface area contributed by atoms with Crippen LogP contribution in [0.4, 0.5) is 5.82 Å². The second-order valence-corrected chi connectivity index (χ2v) is 5.05. The first kappa shape index (κ1) is 15.3. The molecule has 0 fully saturated rings. The standard InChI is InChI=1S/C16H21N3O2/c1-4-21-15-10-14(17-12(2)18-15)19-16(3,11-20)13-8-6-5-7-9-13/h5-10,20H,4,11H2,1-3H3,(H,17,18,19). The van der Waals surface area contributed by atoms with Crippen LogP contribution in [0.15, 0.2) is 36.4 Å². The SMILES string of the molecule is CCOc1cc(NC(C)(CO)c2ccccc2)nc(C)n1. The molecule has 0 aliphatic rings. The Hall–Kier alpha value is -2.14. The van der Waals surface area contributed by atoms with Gasteiger partial charge in [-0.2, -0.15) is 4.98 Å². The van der Waals surface area contributed by atoms with Crippen molar-refractivity contribution >= 4 is 5.82 Å². The molecule has 1 aromatic carbocycles. The van der Waals surface area contributed by atoms with Crippen LogP contribution < -0.4 is 10.1 Å². The number of nitrogens with zero attached hydrogens (tertiary/aromatic N) is 2. The number of hydrogen-bond donors (Lipinski definition) is 2. The van der Waals surface area contributed by atoms with E-state index in [4.69, 9.17) is 4.74 Å². The average Bonchev–Trinajstić information content (AvgIpc) is 2.48. The number of aliphatic hydroxyl groups excluding tert-OH is 1. The highest BCUT2D eigenvalue weighted by atomic mass is 16.5. The second kappa shape index (κ2) is 6.54. The van der Waals surface area contributed by atoms with Crippen molar-refractivity contribution in [2.24, 2.45) is 0 Å².